The van der Waals surface area contributed by atoms with Crippen LogP contribution in [0.2, 0.25) is 0 Å². The van der Waals surface area contributed by atoms with Crippen molar-refractivity contribution in [3.8, 4) is 0 Å². The van der Waals surface area contributed by atoms with Gasteiger partial charge in [0.2, 0.25) is 0 Å². The zero-order valence-corrected chi connectivity index (χ0v) is 11.3. The molecule has 1 fully saturated rings. The molecule has 1 aliphatic heterocycles. The second-order valence-corrected chi connectivity index (χ2v) is 5.58. The predicted molar refractivity (Wildman–Crippen MR) is 74.1 cm³/mol. The normalized spacial score (nSPS) is 21.7. The molecule has 0 unspecified atom stereocenters. The Hall–Kier alpha value is -1.20. The zero-order chi connectivity index (χ0) is 13.1. The Morgan fingerprint density at radius 1 is 1.21 bits per heavy atom. The SMILES string of the molecule is NCC1(Nc2ncnc3c2CCCC3)CCOCC1. The average Bonchev–Trinajstić information content (AvgIpc) is 2.49. The summed E-state index contributed by atoms with van der Waals surface area (Å²) in [6, 6.07) is 0. The highest BCUT2D eigenvalue weighted by molar-refractivity contribution is 5.49. The van der Waals surface area contributed by atoms with E-state index in [1.807, 2.05) is 0 Å². The summed E-state index contributed by atoms with van der Waals surface area (Å²) in [5.41, 5.74) is 8.45. The van der Waals surface area contributed by atoms with Gasteiger partial charge in [0.1, 0.15) is 12.1 Å². The van der Waals surface area contributed by atoms with Crippen molar-refractivity contribution < 1.29 is 4.74 Å². The lowest BCUT2D eigenvalue weighted by molar-refractivity contribution is 0.0626. The van der Waals surface area contributed by atoms with Crippen molar-refractivity contribution in [1.29, 1.82) is 0 Å². The van der Waals surface area contributed by atoms with Gasteiger partial charge in [0.25, 0.3) is 0 Å². The summed E-state index contributed by atoms with van der Waals surface area (Å²) in [7, 11) is 0. The lowest BCUT2D eigenvalue weighted by Gasteiger charge is -2.38. The second kappa shape index (κ2) is 5.43. The Labute approximate surface area is 114 Å². The Balaban J connectivity index is 1.85. The molecule has 19 heavy (non-hydrogen) atoms. The van der Waals surface area contributed by atoms with Gasteiger partial charge < -0.3 is 15.8 Å². The molecule has 5 nitrogen and oxygen atoms in total. The van der Waals surface area contributed by atoms with Gasteiger partial charge in [-0.1, -0.05) is 0 Å². The Morgan fingerprint density at radius 3 is 2.79 bits per heavy atom. The maximum atomic E-state index is 6.00. The number of nitrogens with one attached hydrogen (secondary N) is 1. The van der Waals surface area contributed by atoms with Gasteiger partial charge >= 0.3 is 0 Å². The molecule has 0 radical (unpaired) electrons. The van der Waals surface area contributed by atoms with E-state index in [-0.39, 0.29) is 5.54 Å². The van der Waals surface area contributed by atoms with E-state index in [1.54, 1.807) is 6.33 Å². The lowest BCUT2D eigenvalue weighted by atomic mass is 9.89. The van der Waals surface area contributed by atoms with Crippen LogP contribution in [0.1, 0.15) is 36.9 Å². The molecule has 2 aliphatic rings. The van der Waals surface area contributed by atoms with Crippen LogP contribution < -0.4 is 11.1 Å². The number of rotatable bonds is 3. The van der Waals surface area contributed by atoms with Crippen molar-refractivity contribution in [3.63, 3.8) is 0 Å². The molecule has 1 aromatic heterocycles. The highest BCUT2D eigenvalue weighted by Gasteiger charge is 2.32. The summed E-state index contributed by atoms with van der Waals surface area (Å²) in [5.74, 6) is 0.997. The van der Waals surface area contributed by atoms with E-state index in [1.165, 1.54) is 24.1 Å². The van der Waals surface area contributed by atoms with Gasteiger partial charge in [0.05, 0.1) is 5.54 Å². The minimum atomic E-state index is -0.0577. The van der Waals surface area contributed by atoms with E-state index in [0.717, 1.165) is 44.7 Å². The Bertz CT molecular complexity index is 443. The number of hydrogen-bond donors (Lipinski definition) is 2. The third-order valence-electron chi connectivity index (χ3n) is 4.35. The summed E-state index contributed by atoms with van der Waals surface area (Å²) in [6.45, 7) is 2.17. The fourth-order valence-electron chi connectivity index (χ4n) is 3.02. The van der Waals surface area contributed by atoms with Crippen LogP contribution in [0.25, 0.3) is 0 Å². The largest absolute Gasteiger partial charge is 0.381 e. The number of aromatic nitrogens is 2. The lowest BCUT2D eigenvalue weighted by Crippen LogP contribution is -2.50. The number of nitrogens with two attached hydrogens (primary N) is 1. The van der Waals surface area contributed by atoms with Crippen molar-refractivity contribution in [2.75, 3.05) is 25.1 Å². The number of anilines is 1. The van der Waals surface area contributed by atoms with E-state index in [0.29, 0.717) is 6.54 Å². The molecule has 0 spiro atoms. The molecule has 104 valence electrons. The number of hydrogen-bond acceptors (Lipinski definition) is 5. The van der Waals surface area contributed by atoms with E-state index in [9.17, 15) is 0 Å². The Kier molecular flexibility index (Phi) is 3.66. The van der Waals surface area contributed by atoms with Gasteiger partial charge in [0, 0.05) is 31.0 Å². The van der Waals surface area contributed by atoms with Crippen LogP contribution in [0.5, 0.6) is 0 Å². The van der Waals surface area contributed by atoms with Crippen LogP contribution in [0.15, 0.2) is 6.33 Å². The number of aryl methyl sites for hydroxylation is 1. The molecule has 0 atom stereocenters. The van der Waals surface area contributed by atoms with Gasteiger partial charge in [-0.25, -0.2) is 9.97 Å². The summed E-state index contributed by atoms with van der Waals surface area (Å²) >= 11 is 0. The van der Waals surface area contributed by atoms with Crippen LogP contribution in [-0.4, -0.2) is 35.3 Å². The van der Waals surface area contributed by atoms with E-state index < -0.39 is 0 Å². The third kappa shape index (κ3) is 2.58. The molecule has 0 amide bonds. The molecule has 1 aliphatic carbocycles. The predicted octanol–water partition coefficient (Wildman–Crippen LogP) is 1.28. The molecular formula is C14H22N4O. The average molecular weight is 262 g/mol. The number of fused-ring (bicyclic) bond motifs is 1. The topological polar surface area (TPSA) is 73.1 Å². The van der Waals surface area contributed by atoms with Crippen molar-refractivity contribution in [2.45, 2.75) is 44.1 Å². The van der Waals surface area contributed by atoms with Crippen LogP contribution in [0, 0.1) is 0 Å². The van der Waals surface area contributed by atoms with Gasteiger partial charge in [0.15, 0.2) is 0 Å². The first-order valence-electron chi connectivity index (χ1n) is 7.22. The molecule has 0 bridgehead atoms. The highest BCUT2D eigenvalue weighted by Crippen LogP contribution is 2.29. The summed E-state index contributed by atoms with van der Waals surface area (Å²) in [6.07, 6.45) is 8.19. The fraction of sp³-hybridized carbons (Fsp3) is 0.714. The maximum Gasteiger partial charge on any atom is 0.133 e. The number of ether oxygens (including phenoxy) is 1. The monoisotopic (exact) mass is 262 g/mol. The molecule has 5 heteroatoms. The molecule has 1 saturated heterocycles. The number of nitrogens with zero attached hydrogens (tertiary/aromatic N) is 2. The second-order valence-electron chi connectivity index (χ2n) is 5.58. The quantitative estimate of drug-likeness (QED) is 0.858. The molecule has 2 heterocycles. The maximum absolute atomic E-state index is 6.00. The van der Waals surface area contributed by atoms with E-state index in [2.05, 4.69) is 15.3 Å². The first kappa shape index (κ1) is 12.8. The molecule has 0 saturated carbocycles. The van der Waals surface area contributed by atoms with Crippen molar-refractivity contribution in [3.05, 3.63) is 17.6 Å². The standard InChI is InChI=1S/C14H22N4O/c15-9-14(5-7-19-8-6-14)18-13-11-3-1-2-4-12(11)16-10-17-13/h10H,1-9,15H2,(H,16,17,18). The molecule has 3 rings (SSSR count). The Morgan fingerprint density at radius 2 is 2.00 bits per heavy atom. The van der Waals surface area contributed by atoms with Crippen LogP contribution in [0.3, 0.4) is 0 Å². The zero-order valence-electron chi connectivity index (χ0n) is 11.3. The van der Waals surface area contributed by atoms with Gasteiger partial charge in [-0.3, -0.25) is 0 Å². The third-order valence-corrected chi connectivity index (χ3v) is 4.35. The summed E-state index contributed by atoms with van der Waals surface area (Å²) in [4.78, 5) is 8.88. The van der Waals surface area contributed by atoms with Gasteiger partial charge in [-0.15, -0.1) is 0 Å². The minimum absolute atomic E-state index is 0.0577. The molecule has 1 aromatic rings. The molecular weight excluding hydrogens is 240 g/mol. The fourth-order valence-corrected chi connectivity index (χ4v) is 3.02. The smallest absolute Gasteiger partial charge is 0.133 e. The van der Waals surface area contributed by atoms with Crippen molar-refractivity contribution in [1.82, 2.24) is 9.97 Å². The van der Waals surface area contributed by atoms with Crippen LogP contribution >= 0.6 is 0 Å². The van der Waals surface area contributed by atoms with Crippen molar-refractivity contribution >= 4 is 5.82 Å². The molecule has 0 aromatic carbocycles. The van der Waals surface area contributed by atoms with Gasteiger partial charge in [-0.05, 0) is 38.5 Å². The highest BCUT2D eigenvalue weighted by atomic mass is 16.5. The van der Waals surface area contributed by atoms with E-state index >= 15 is 0 Å². The summed E-state index contributed by atoms with van der Waals surface area (Å²) < 4.78 is 5.45. The first-order valence-corrected chi connectivity index (χ1v) is 7.22. The van der Waals surface area contributed by atoms with Crippen LogP contribution in [-0.2, 0) is 17.6 Å². The van der Waals surface area contributed by atoms with E-state index in [4.69, 9.17) is 10.5 Å². The first-order chi connectivity index (χ1) is 9.33. The van der Waals surface area contributed by atoms with Crippen LogP contribution in [0.4, 0.5) is 5.82 Å². The summed E-state index contributed by atoms with van der Waals surface area (Å²) in [5, 5.41) is 3.62. The van der Waals surface area contributed by atoms with Crippen molar-refractivity contribution in [2.24, 2.45) is 5.73 Å². The minimum Gasteiger partial charge on any atom is -0.381 e. The molecule has 3 N–H and O–H groups in total. The van der Waals surface area contributed by atoms with Gasteiger partial charge in [-0.2, -0.15) is 0 Å².